The summed E-state index contributed by atoms with van der Waals surface area (Å²) >= 11 is 0. The highest BCUT2D eigenvalue weighted by atomic mass is 14.0. The Morgan fingerprint density at radius 2 is 0.875 bits per heavy atom. The Labute approximate surface area is 97.0 Å². The van der Waals surface area contributed by atoms with Crippen molar-refractivity contribution in [3.8, 4) is 35.8 Å². The average Bonchev–Trinajstić information content (AvgIpc) is 2.41. The molecular weight excluding hydrogens is 192 g/mol. The van der Waals surface area contributed by atoms with Crippen LogP contribution >= 0.6 is 0 Å². The van der Waals surface area contributed by atoms with Gasteiger partial charge in [0, 0.05) is 0 Å². The molecule has 0 aromatic heterocycles. The van der Waals surface area contributed by atoms with Gasteiger partial charge in [0.15, 0.2) is 0 Å². The third-order valence-electron chi connectivity index (χ3n) is 1.96. The summed E-state index contributed by atoms with van der Waals surface area (Å²) in [5.74, 6) is 3.92. The topological polar surface area (TPSA) is 0 Å². The lowest BCUT2D eigenvalue weighted by molar-refractivity contribution is 1.62. The summed E-state index contributed by atoms with van der Waals surface area (Å²) in [5, 5.41) is 0. The number of rotatable bonds is 1. The third kappa shape index (κ3) is 3.74. The highest BCUT2D eigenvalue weighted by Gasteiger charge is 1.91. The van der Waals surface area contributed by atoms with Crippen LogP contribution in [0.5, 0.6) is 0 Å². The molecule has 16 heavy (non-hydrogen) atoms. The van der Waals surface area contributed by atoms with Gasteiger partial charge in [0.1, 0.15) is 0 Å². The van der Waals surface area contributed by atoms with Crippen molar-refractivity contribution in [3.63, 3.8) is 0 Å². The van der Waals surface area contributed by atoms with E-state index in [1.807, 2.05) is 24.0 Å². The fourth-order valence-corrected chi connectivity index (χ4v) is 1.26. The maximum Gasteiger partial charge on any atom is -0.0184 e. The van der Waals surface area contributed by atoms with Crippen LogP contribution in [0.1, 0.15) is 0 Å². The Morgan fingerprint density at radius 3 is 1.12 bits per heavy atom. The Kier molecular flexibility index (Phi) is 5.04. The predicted octanol–water partition coefficient (Wildman–Crippen LogP) is 3.61. The Morgan fingerprint density at radius 1 is 0.562 bits per heavy atom. The van der Waals surface area contributed by atoms with Crippen LogP contribution in [0.2, 0.25) is 0 Å². The average molecular weight is 204 g/mol. The highest BCUT2D eigenvalue weighted by Crippen LogP contribution is 2.17. The number of hydrogen-bond donors (Lipinski definition) is 0. The van der Waals surface area contributed by atoms with Crippen LogP contribution in [-0.2, 0) is 0 Å². The summed E-state index contributed by atoms with van der Waals surface area (Å²) < 4.78 is 0. The van der Waals surface area contributed by atoms with E-state index in [1.165, 1.54) is 11.1 Å². The standard InChI is InChI=1S/C12H10.C4H2/c1-3-7-11(8-4-1)12-9-5-2-6-10-12;1-3-4-2/h1-10H;1-2H. The summed E-state index contributed by atoms with van der Waals surface area (Å²) in [7, 11) is 0. The molecule has 0 unspecified atom stereocenters. The van der Waals surface area contributed by atoms with Crippen molar-refractivity contribution in [2.24, 2.45) is 0 Å². The molecule has 2 aromatic carbocycles. The normalized spacial score (nSPS) is 7.88. The van der Waals surface area contributed by atoms with Gasteiger partial charge in [-0.15, -0.1) is 12.8 Å². The quantitative estimate of drug-likeness (QED) is 0.622. The predicted molar refractivity (Wildman–Crippen MR) is 69.5 cm³/mol. The maximum absolute atomic E-state index is 4.54. The lowest BCUT2D eigenvalue weighted by atomic mass is 10.1. The van der Waals surface area contributed by atoms with Crippen molar-refractivity contribution < 1.29 is 0 Å². The molecular formula is C16H12. The van der Waals surface area contributed by atoms with Crippen LogP contribution in [0.25, 0.3) is 11.1 Å². The van der Waals surface area contributed by atoms with Gasteiger partial charge in [-0.1, -0.05) is 60.7 Å². The van der Waals surface area contributed by atoms with Crippen molar-refractivity contribution in [1.82, 2.24) is 0 Å². The molecule has 0 amide bonds. The molecule has 0 heterocycles. The molecule has 0 aliphatic carbocycles. The van der Waals surface area contributed by atoms with Crippen LogP contribution in [0.15, 0.2) is 60.7 Å². The van der Waals surface area contributed by atoms with Gasteiger partial charge in [-0.05, 0) is 23.0 Å². The fraction of sp³-hybridized carbons (Fsp3) is 0. The van der Waals surface area contributed by atoms with Crippen LogP contribution in [0.3, 0.4) is 0 Å². The van der Waals surface area contributed by atoms with E-state index < -0.39 is 0 Å². The van der Waals surface area contributed by atoms with Gasteiger partial charge >= 0.3 is 0 Å². The molecule has 0 bridgehead atoms. The molecule has 0 N–H and O–H groups in total. The zero-order valence-corrected chi connectivity index (χ0v) is 8.93. The van der Waals surface area contributed by atoms with Crippen molar-refractivity contribution in [2.75, 3.05) is 0 Å². The molecule has 0 saturated heterocycles. The fourth-order valence-electron chi connectivity index (χ4n) is 1.26. The Balaban J connectivity index is 0.000000280. The molecule has 0 aliphatic rings. The first-order valence-electron chi connectivity index (χ1n) is 4.90. The second-order valence-electron chi connectivity index (χ2n) is 3.02. The van der Waals surface area contributed by atoms with Gasteiger partial charge < -0.3 is 0 Å². The minimum Gasteiger partial charge on any atom is -0.106 e. The molecule has 0 saturated carbocycles. The molecule has 0 spiro atoms. The molecule has 76 valence electrons. The molecule has 0 nitrogen and oxygen atoms in total. The van der Waals surface area contributed by atoms with Crippen molar-refractivity contribution in [3.05, 3.63) is 60.7 Å². The first-order valence-corrected chi connectivity index (χ1v) is 4.90. The Hall–Kier alpha value is -2.44. The first kappa shape index (κ1) is 11.6. The smallest absolute Gasteiger partial charge is 0.0184 e. The van der Waals surface area contributed by atoms with E-state index in [4.69, 9.17) is 0 Å². The number of hydrogen-bond acceptors (Lipinski definition) is 0. The van der Waals surface area contributed by atoms with E-state index in [0.717, 1.165) is 0 Å². The minimum atomic E-state index is 1.28. The molecule has 2 aromatic rings. The molecule has 0 radical (unpaired) electrons. The Bertz CT molecular complexity index is 432. The van der Waals surface area contributed by atoms with Crippen LogP contribution in [0, 0.1) is 24.7 Å². The van der Waals surface area contributed by atoms with E-state index >= 15 is 0 Å². The van der Waals surface area contributed by atoms with Gasteiger partial charge in [-0.2, -0.15) is 0 Å². The highest BCUT2D eigenvalue weighted by molar-refractivity contribution is 5.62. The maximum atomic E-state index is 4.54. The second-order valence-corrected chi connectivity index (χ2v) is 3.02. The zero-order chi connectivity index (χ0) is 11.6. The summed E-state index contributed by atoms with van der Waals surface area (Å²) in [4.78, 5) is 0. The van der Waals surface area contributed by atoms with E-state index in [0.29, 0.717) is 0 Å². The lowest BCUT2D eigenvalue weighted by Gasteiger charge is -1.98. The molecule has 0 fully saturated rings. The largest absolute Gasteiger partial charge is 0.106 e. The van der Waals surface area contributed by atoms with E-state index in [2.05, 4.69) is 61.4 Å². The number of benzene rings is 2. The van der Waals surface area contributed by atoms with Crippen LogP contribution < -0.4 is 0 Å². The van der Waals surface area contributed by atoms with Crippen LogP contribution in [0.4, 0.5) is 0 Å². The van der Waals surface area contributed by atoms with Gasteiger partial charge in [0.25, 0.3) is 0 Å². The zero-order valence-electron chi connectivity index (χ0n) is 8.93. The van der Waals surface area contributed by atoms with E-state index in [-0.39, 0.29) is 0 Å². The molecule has 0 aliphatic heterocycles. The minimum absolute atomic E-state index is 1.28. The van der Waals surface area contributed by atoms with Crippen molar-refractivity contribution in [1.29, 1.82) is 0 Å². The molecule has 2 rings (SSSR count). The van der Waals surface area contributed by atoms with Gasteiger partial charge in [-0.3, -0.25) is 0 Å². The number of terminal acetylenes is 2. The van der Waals surface area contributed by atoms with Gasteiger partial charge in [-0.25, -0.2) is 0 Å². The van der Waals surface area contributed by atoms with E-state index in [1.54, 1.807) is 0 Å². The van der Waals surface area contributed by atoms with Crippen molar-refractivity contribution >= 4 is 0 Å². The summed E-state index contributed by atoms with van der Waals surface area (Å²) in [6.45, 7) is 0. The van der Waals surface area contributed by atoms with E-state index in [9.17, 15) is 0 Å². The third-order valence-corrected chi connectivity index (χ3v) is 1.96. The first-order chi connectivity index (χ1) is 7.88. The summed E-state index contributed by atoms with van der Waals surface area (Å²) in [6.07, 6.45) is 9.08. The lowest BCUT2D eigenvalue weighted by Crippen LogP contribution is -1.73. The van der Waals surface area contributed by atoms with Crippen LogP contribution in [-0.4, -0.2) is 0 Å². The van der Waals surface area contributed by atoms with Gasteiger partial charge in [0.05, 0.1) is 0 Å². The molecule has 0 atom stereocenters. The molecule has 0 heteroatoms. The SMILES string of the molecule is C#CC#C.c1ccc(-c2ccccc2)cc1. The second kappa shape index (κ2) is 6.93. The summed E-state index contributed by atoms with van der Waals surface area (Å²) in [5.41, 5.74) is 2.55. The summed E-state index contributed by atoms with van der Waals surface area (Å²) in [6, 6.07) is 20.8. The monoisotopic (exact) mass is 204 g/mol. The van der Waals surface area contributed by atoms with Gasteiger partial charge in [0.2, 0.25) is 0 Å². The van der Waals surface area contributed by atoms with Crippen molar-refractivity contribution in [2.45, 2.75) is 0 Å².